The van der Waals surface area contributed by atoms with E-state index >= 15 is 0 Å². The van der Waals surface area contributed by atoms with Gasteiger partial charge in [-0.05, 0) is 37.1 Å². The highest BCUT2D eigenvalue weighted by Crippen LogP contribution is 2.33. The molecule has 20 heavy (non-hydrogen) atoms. The molecule has 1 amide bonds. The topological polar surface area (TPSA) is 29.5 Å². The number of hydrogen-bond donors (Lipinski definition) is 0. The van der Waals surface area contributed by atoms with Crippen LogP contribution in [0.2, 0.25) is 0 Å². The number of ether oxygens (including phenoxy) is 1. The lowest BCUT2D eigenvalue weighted by atomic mass is 10.2. The molecule has 0 saturated heterocycles. The van der Waals surface area contributed by atoms with Gasteiger partial charge in [0.05, 0.1) is 11.8 Å². The van der Waals surface area contributed by atoms with Crippen LogP contribution in [-0.4, -0.2) is 30.9 Å². The highest BCUT2D eigenvalue weighted by molar-refractivity contribution is 7.99. The number of hydrogen-bond acceptors (Lipinski definition) is 3. The van der Waals surface area contributed by atoms with Gasteiger partial charge >= 0.3 is 0 Å². The third kappa shape index (κ3) is 3.18. The summed E-state index contributed by atoms with van der Waals surface area (Å²) >= 11 is 1.84. The second kappa shape index (κ2) is 6.64. The SMILES string of the molecule is O=C(COC1CCCC1)N1CCCSc2ccccc21. The molecular weight excluding hydrogens is 270 g/mol. The van der Waals surface area contributed by atoms with E-state index < -0.39 is 0 Å². The molecule has 1 aromatic carbocycles. The summed E-state index contributed by atoms with van der Waals surface area (Å²) in [7, 11) is 0. The maximum atomic E-state index is 12.5. The van der Waals surface area contributed by atoms with Crippen LogP contribution in [0.4, 0.5) is 5.69 Å². The van der Waals surface area contributed by atoms with Crippen LogP contribution in [0.1, 0.15) is 32.1 Å². The first-order chi connectivity index (χ1) is 9.84. The van der Waals surface area contributed by atoms with Gasteiger partial charge in [-0.2, -0.15) is 0 Å². The summed E-state index contributed by atoms with van der Waals surface area (Å²) in [6.45, 7) is 1.03. The molecule has 1 aromatic rings. The van der Waals surface area contributed by atoms with Crippen molar-refractivity contribution < 1.29 is 9.53 Å². The molecule has 108 valence electrons. The largest absolute Gasteiger partial charge is 0.368 e. The van der Waals surface area contributed by atoms with Crippen LogP contribution in [0.3, 0.4) is 0 Å². The molecule has 0 aromatic heterocycles. The lowest BCUT2D eigenvalue weighted by molar-refractivity contribution is -0.125. The van der Waals surface area contributed by atoms with Crippen molar-refractivity contribution >= 4 is 23.4 Å². The van der Waals surface area contributed by atoms with E-state index in [-0.39, 0.29) is 12.5 Å². The van der Waals surface area contributed by atoms with Gasteiger partial charge in [0.1, 0.15) is 6.61 Å². The fraction of sp³-hybridized carbons (Fsp3) is 0.562. The Morgan fingerprint density at radius 3 is 2.90 bits per heavy atom. The van der Waals surface area contributed by atoms with Crippen molar-refractivity contribution in [3.8, 4) is 0 Å². The lowest BCUT2D eigenvalue weighted by Gasteiger charge is -2.23. The van der Waals surface area contributed by atoms with Gasteiger partial charge in [-0.3, -0.25) is 4.79 Å². The Balaban J connectivity index is 1.67. The summed E-state index contributed by atoms with van der Waals surface area (Å²) in [6.07, 6.45) is 6.04. The van der Waals surface area contributed by atoms with Crippen molar-refractivity contribution in [3.63, 3.8) is 0 Å². The summed E-state index contributed by atoms with van der Waals surface area (Å²) < 4.78 is 5.78. The second-order valence-electron chi connectivity index (χ2n) is 5.43. The van der Waals surface area contributed by atoms with Gasteiger partial charge in [0.15, 0.2) is 0 Å². The normalized spacial score (nSPS) is 19.7. The van der Waals surface area contributed by atoms with E-state index in [9.17, 15) is 4.79 Å². The molecule has 1 saturated carbocycles. The monoisotopic (exact) mass is 291 g/mol. The minimum absolute atomic E-state index is 0.104. The zero-order chi connectivity index (χ0) is 13.8. The van der Waals surface area contributed by atoms with Crippen LogP contribution in [0, 0.1) is 0 Å². The summed E-state index contributed by atoms with van der Waals surface area (Å²) in [5, 5.41) is 0. The zero-order valence-corrected chi connectivity index (χ0v) is 12.5. The van der Waals surface area contributed by atoms with Crippen molar-refractivity contribution in [2.75, 3.05) is 23.8 Å². The van der Waals surface area contributed by atoms with E-state index in [2.05, 4.69) is 6.07 Å². The van der Waals surface area contributed by atoms with Crippen LogP contribution >= 0.6 is 11.8 Å². The Bertz CT molecular complexity index is 471. The molecule has 0 bridgehead atoms. The molecule has 2 aliphatic rings. The maximum absolute atomic E-state index is 12.5. The number of fused-ring (bicyclic) bond motifs is 1. The van der Waals surface area contributed by atoms with E-state index in [4.69, 9.17) is 4.74 Å². The van der Waals surface area contributed by atoms with Crippen LogP contribution < -0.4 is 4.90 Å². The van der Waals surface area contributed by atoms with Gasteiger partial charge < -0.3 is 9.64 Å². The standard InChI is InChI=1S/C16H21NO2S/c18-16(12-19-13-6-1-2-7-13)17-10-5-11-20-15-9-4-3-8-14(15)17/h3-4,8-9,13H,1-2,5-7,10-12H2. The summed E-state index contributed by atoms with van der Waals surface area (Å²) in [6, 6.07) is 8.18. The number of para-hydroxylation sites is 1. The Morgan fingerprint density at radius 2 is 2.05 bits per heavy atom. The second-order valence-corrected chi connectivity index (χ2v) is 6.57. The number of amides is 1. The van der Waals surface area contributed by atoms with Crippen LogP contribution in [0.25, 0.3) is 0 Å². The van der Waals surface area contributed by atoms with E-state index in [1.807, 2.05) is 34.9 Å². The fourth-order valence-corrected chi connectivity index (χ4v) is 3.90. The number of benzene rings is 1. The smallest absolute Gasteiger partial charge is 0.253 e. The predicted octanol–water partition coefficient (Wildman–Crippen LogP) is 3.47. The van der Waals surface area contributed by atoms with Gasteiger partial charge in [-0.15, -0.1) is 11.8 Å². The van der Waals surface area contributed by atoms with Crippen LogP contribution in [-0.2, 0) is 9.53 Å². The van der Waals surface area contributed by atoms with E-state index in [1.165, 1.54) is 17.7 Å². The molecule has 0 spiro atoms. The van der Waals surface area contributed by atoms with E-state index in [0.29, 0.717) is 6.10 Å². The van der Waals surface area contributed by atoms with Crippen LogP contribution in [0.15, 0.2) is 29.2 Å². The van der Waals surface area contributed by atoms with Crippen molar-refractivity contribution in [1.29, 1.82) is 0 Å². The van der Waals surface area contributed by atoms with Crippen molar-refractivity contribution in [3.05, 3.63) is 24.3 Å². The first-order valence-electron chi connectivity index (χ1n) is 7.48. The van der Waals surface area contributed by atoms with Crippen molar-refractivity contribution in [2.24, 2.45) is 0 Å². The molecular formula is C16H21NO2S. The molecule has 0 radical (unpaired) electrons. The molecule has 4 heteroatoms. The molecule has 0 atom stereocenters. The van der Waals surface area contributed by atoms with Gasteiger partial charge in [0, 0.05) is 11.4 Å². The van der Waals surface area contributed by atoms with E-state index in [0.717, 1.165) is 37.2 Å². The zero-order valence-electron chi connectivity index (χ0n) is 11.7. The molecule has 1 aliphatic heterocycles. The molecule has 1 heterocycles. The molecule has 1 aliphatic carbocycles. The van der Waals surface area contributed by atoms with Gasteiger partial charge in [-0.25, -0.2) is 0 Å². The number of carbonyl (C=O) groups excluding carboxylic acids is 1. The highest BCUT2D eigenvalue weighted by Gasteiger charge is 2.23. The lowest BCUT2D eigenvalue weighted by Crippen LogP contribution is -2.35. The number of thioether (sulfide) groups is 1. The quantitative estimate of drug-likeness (QED) is 0.854. The predicted molar refractivity (Wildman–Crippen MR) is 82.3 cm³/mol. The fourth-order valence-electron chi connectivity index (χ4n) is 2.91. The number of nitrogens with zero attached hydrogens (tertiary/aromatic N) is 1. The minimum atomic E-state index is 0.104. The summed E-state index contributed by atoms with van der Waals surface area (Å²) in [5.74, 6) is 1.18. The summed E-state index contributed by atoms with van der Waals surface area (Å²) in [5.41, 5.74) is 1.05. The highest BCUT2D eigenvalue weighted by atomic mass is 32.2. The molecule has 0 N–H and O–H groups in total. The number of anilines is 1. The molecule has 3 rings (SSSR count). The van der Waals surface area contributed by atoms with E-state index in [1.54, 1.807) is 0 Å². The van der Waals surface area contributed by atoms with Crippen LogP contribution in [0.5, 0.6) is 0 Å². The first kappa shape index (κ1) is 14.0. The average molecular weight is 291 g/mol. The van der Waals surface area contributed by atoms with Gasteiger partial charge in [0.2, 0.25) is 0 Å². The van der Waals surface area contributed by atoms with Crippen molar-refractivity contribution in [2.45, 2.75) is 43.1 Å². The Kier molecular flexibility index (Phi) is 4.63. The van der Waals surface area contributed by atoms with Crippen molar-refractivity contribution in [1.82, 2.24) is 0 Å². The Morgan fingerprint density at radius 1 is 1.25 bits per heavy atom. The molecule has 0 unspecified atom stereocenters. The summed E-state index contributed by atoms with van der Waals surface area (Å²) in [4.78, 5) is 15.6. The van der Waals surface area contributed by atoms with Gasteiger partial charge in [-0.1, -0.05) is 25.0 Å². The molecule has 1 fully saturated rings. The maximum Gasteiger partial charge on any atom is 0.253 e. The third-order valence-corrected chi connectivity index (χ3v) is 5.13. The average Bonchev–Trinajstić information content (AvgIpc) is 2.90. The minimum Gasteiger partial charge on any atom is -0.368 e. The molecule has 3 nitrogen and oxygen atoms in total. The first-order valence-corrected chi connectivity index (χ1v) is 8.47. The Labute approximate surface area is 124 Å². The third-order valence-electron chi connectivity index (χ3n) is 3.99. The number of rotatable bonds is 3. The Hall–Kier alpha value is -1.00. The number of carbonyl (C=O) groups is 1. The van der Waals surface area contributed by atoms with Gasteiger partial charge in [0.25, 0.3) is 5.91 Å².